The summed E-state index contributed by atoms with van der Waals surface area (Å²) in [5, 5.41) is 13.5. The average molecular weight is 325 g/mol. The second kappa shape index (κ2) is 7.15. The molecule has 1 heterocycles. The highest BCUT2D eigenvalue weighted by molar-refractivity contribution is 6.29. The molecule has 0 amide bonds. The second-order valence-corrected chi connectivity index (χ2v) is 4.83. The van der Waals surface area contributed by atoms with E-state index < -0.39 is 6.10 Å². The topological polar surface area (TPSA) is 103 Å². The third-order valence-electron chi connectivity index (χ3n) is 2.98. The smallest absolute Gasteiger partial charge is 0.223 e. The number of aromatic nitrogens is 2. The SMILES string of the molecule is COc1ccc(OC)c([C@@H](O)CNc2cc(Cl)nc(N)n2)c1. The molecular weight excluding hydrogens is 308 g/mol. The minimum absolute atomic E-state index is 0.0588. The number of anilines is 2. The molecule has 0 bridgehead atoms. The monoisotopic (exact) mass is 324 g/mol. The summed E-state index contributed by atoms with van der Waals surface area (Å²) in [6.45, 7) is 0.191. The Hall–Kier alpha value is -2.25. The van der Waals surface area contributed by atoms with Gasteiger partial charge in [-0.2, -0.15) is 4.98 Å². The third-order valence-corrected chi connectivity index (χ3v) is 3.18. The number of hydrogen-bond donors (Lipinski definition) is 3. The summed E-state index contributed by atoms with van der Waals surface area (Å²) in [5.74, 6) is 1.68. The normalized spacial score (nSPS) is 11.8. The van der Waals surface area contributed by atoms with Crippen LogP contribution in [-0.4, -0.2) is 35.8 Å². The van der Waals surface area contributed by atoms with Gasteiger partial charge < -0.3 is 25.6 Å². The van der Waals surface area contributed by atoms with Gasteiger partial charge in [0.1, 0.15) is 22.5 Å². The molecule has 0 aliphatic carbocycles. The van der Waals surface area contributed by atoms with Crippen molar-refractivity contribution in [2.75, 3.05) is 31.8 Å². The summed E-state index contributed by atoms with van der Waals surface area (Å²) in [7, 11) is 3.10. The summed E-state index contributed by atoms with van der Waals surface area (Å²) in [5.41, 5.74) is 6.11. The van der Waals surface area contributed by atoms with Crippen LogP contribution >= 0.6 is 11.6 Å². The number of nitrogens with zero attached hydrogens (tertiary/aromatic N) is 2. The van der Waals surface area contributed by atoms with Gasteiger partial charge in [-0.15, -0.1) is 0 Å². The van der Waals surface area contributed by atoms with Crippen LogP contribution in [0.1, 0.15) is 11.7 Å². The summed E-state index contributed by atoms with van der Waals surface area (Å²) in [4.78, 5) is 7.74. The van der Waals surface area contributed by atoms with Gasteiger partial charge in [0.2, 0.25) is 5.95 Å². The largest absolute Gasteiger partial charge is 0.497 e. The van der Waals surface area contributed by atoms with E-state index in [0.29, 0.717) is 22.9 Å². The number of ether oxygens (including phenoxy) is 2. The minimum Gasteiger partial charge on any atom is -0.497 e. The van der Waals surface area contributed by atoms with Gasteiger partial charge in [-0.05, 0) is 18.2 Å². The summed E-state index contributed by atoms with van der Waals surface area (Å²) in [6, 6.07) is 6.73. The van der Waals surface area contributed by atoms with Crippen LogP contribution in [0.3, 0.4) is 0 Å². The number of halogens is 1. The van der Waals surface area contributed by atoms with Crippen LogP contribution < -0.4 is 20.5 Å². The van der Waals surface area contributed by atoms with Crippen LogP contribution in [0.25, 0.3) is 0 Å². The fraction of sp³-hybridized carbons (Fsp3) is 0.286. The molecule has 7 nitrogen and oxygen atoms in total. The molecule has 0 saturated carbocycles. The fourth-order valence-corrected chi connectivity index (χ4v) is 2.13. The highest BCUT2D eigenvalue weighted by atomic mass is 35.5. The number of aliphatic hydroxyl groups is 1. The van der Waals surface area contributed by atoms with Gasteiger partial charge in [-0.25, -0.2) is 4.98 Å². The van der Waals surface area contributed by atoms with Crippen LogP contribution in [0, 0.1) is 0 Å². The van der Waals surface area contributed by atoms with Crippen molar-refractivity contribution in [1.82, 2.24) is 9.97 Å². The Morgan fingerprint density at radius 2 is 2.05 bits per heavy atom. The first-order valence-electron chi connectivity index (χ1n) is 6.47. The minimum atomic E-state index is -0.833. The van der Waals surface area contributed by atoms with Gasteiger partial charge in [0.05, 0.1) is 20.3 Å². The Morgan fingerprint density at radius 1 is 1.27 bits per heavy atom. The predicted molar refractivity (Wildman–Crippen MR) is 84.4 cm³/mol. The molecule has 2 aromatic rings. The lowest BCUT2D eigenvalue weighted by molar-refractivity contribution is 0.186. The van der Waals surface area contributed by atoms with Crippen molar-refractivity contribution in [2.45, 2.75) is 6.10 Å². The maximum absolute atomic E-state index is 10.3. The summed E-state index contributed by atoms with van der Waals surface area (Å²) < 4.78 is 10.4. The number of nitrogens with two attached hydrogens (primary N) is 1. The van der Waals surface area contributed by atoms with Gasteiger partial charge in [0.25, 0.3) is 0 Å². The van der Waals surface area contributed by atoms with Crippen molar-refractivity contribution in [3.63, 3.8) is 0 Å². The van der Waals surface area contributed by atoms with E-state index in [2.05, 4.69) is 15.3 Å². The zero-order valence-electron chi connectivity index (χ0n) is 12.2. The number of methoxy groups -OCH3 is 2. The van der Waals surface area contributed by atoms with Gasteiger partial charge in [0.15, 0.2) is 0 Å². The highest BCUT2D eigenvalue weighted by Crippen LogP contribution is 2.29. The molecule has 0 radical (unpaired) electrons. The van der Waals surface area contributed by atoms with Crippen molar-refractivity contribution in [3.8, 4) is 11.5 Å². The van der Waals surface area contributed by atoms with Crippen molar-refractivity contribution < 1.29 is 14.6 Å². The Labute approximate surface area is 133 Å². The number of hydrogen-bond acceptors (Lipinski definition) is 7. The average Bonchev–Trinajstić information content (AvgIpc) is 2.51. The van der Waals surface area contributed by atoms with Gasteiger partial charge >= 0.3 is 0 Å². The number of benzene rings is 1. The van der Waals surface area contributed by atoms with Crippen molar-refractivity contribution in [3.05, 3.63) is 35.0 Å². The van der Waals surface area contributed by atoms with Crippen molar-refractivity contribution in [1.29, 1.82) is 0 Å². The molecule has 1 aromatic carbocycles. The number of aliphatic hydroxyl groups excluding tert-OH is 1. The van der Waals surface area contributed by atoms with E-state index in [1.165, 1.54) is 13.2 Å². The Morgan fingerprint density at radius 3 is 2.68 bits per heavy atom. The molecule has 0 aliphatic rings. The molecule has 0 spiro atoms. The molecule has 0 unspecified atom stereocenters. The van der Waals surface area contributed by atoms with Crippen LogP contribution in [-0.2, 0) is 0 Å². The Balaban J connectivity index is 2.13. The predicted octanol–water partition coefficient (Wildman–Crippen LogP) is 1.87. The number of nitrogen functional groups attached to an aromatic ring is 1. The summed E-state index contributed by atoms with van der Waals surface area (Å²) in [6.07, 6.45) is -0.833. The molecule has 0 saturated heterocycles. The molecular formula is C14H17ClN4O3. The van der Waals surface area contributed by atoms with Gasteiger partial charge in [-0.3, -0.25) is 0 Å². The van der Waals surface area contributed by atoms with Crippen LogP contribution in [0.15, 0.2) is 24.3 Å². The molecule has 2 rings (SSSR count). The molecule has 1 atom stereocenters. The first kappa shape index (κ1) is 16.1. The lowest BCUT2D eigenvalue weighted by atomic mass is 10.1. The standard InChI is InChI=1S/C14H17ClN4O3/c1-21-8-3-4-11(22-2)9(5-8)10(20)7-17-13-6-12(15)18-14(16)19-13/h3-6,10,20H,7H2,1-2H3,(H3,16,17,18,19)/t10-/m0/s1. The quantitative estimate of drug-likeness (QED) is 0.697. The number of rotatable bonds is 6. The Kier molecular flexibility index (Phi) is 5.24. The fourth-order valence-electron chi connectivity index (χ4n) is 1.94. The second-order valence-electron chi connectivity index (χ2n) is 4.44. The molecule has 118 valence electrons. The van der Waals surface area contributed by atoms with E-state index in [4.69, 9.17) is 26.8 Å². The van der Waals surface area contributed by atoms with Gasteiger partial charge in [-0.1, -0.05) is 11.6 Å². The zero-order chi connectivity index (χ0) is 16.1. The first-order valence-corrected chi connectivity index (χ1v) is 6.85. The van der Waals surface area contributed by atoms with E-state index >= 15 is 0 Å². The van der Waals surface area contributed by atoms with E-state index in [-0.39, 0.29) is 17.6 Å². The summed E-state index contributed by atoms with van der Waals surface area (Å²) >= 11 is 5.80. The van der Waals surface area contributed by atoms with Crippen LogP contribution in [0.4, 0.5) is 11.8 Å². The maximum Gasteiger partial charge on any atom is 0.223 e. The van der Waals surface area contributed by atoms with Crippen LogP contribution in [0.5, 0.6) is 11.5 Å². The maximum atomic E-state index is 10.3. The molecule has 4 N–H and O–H groups in total. The molecule has 22 heavy (non-hydrogen) atoms. The lowest BCUT2D eigenvalue weighted by Crippen LogP contribution is -2.14. The molecule has 1 aromatic heterocycles. The van der Waals surface area contributed by atoms with E-state index in [1.807, 2.05) is 0 Å². The van der Waals surface area contributed by atoms with Crippen molar-refractivity contribution >= 4 is 23.4 Å². The molecule has 0 aliphatic heterocycles. The highest BCUT2D eigenvalue weighted by Gasteiger charge is 2.15. The van der Waals surface area contributed by atoms with Crippen LogP contribution in [0.2, 0.25) is 5.15 Å². The van der Waals surface area contributed by atoms with E-state index in [1.54, 1.807) is 25.3 Å². The van der Waals surface area contributed by atoms with E-state index in [9.17, 15) is 5.11 Å². The lowest BCUT2D eigenvalue weighted by Gasteiger charge is -2.17. The zero-order valence-corrected chi connectivity index (χ0v) is 13.0. The Bertz CT molecular complexity index is 634. The van der Waals surface area contributed by atoms with Gasteiger partial charge in [0, 0.05) is 18.2 Å². The first-order chi connectivity index (χ1) is 10.5. The van der Waals surface area contributed by atoms with E-state index in [0.717, 1.165) is 0 Å². The molecule has 0 fully saturated rings. The third kappa shape index (κ3) is 3.90. The number of nitrogens with one attached hydrogen (secondary N) is 1. The van der Waals surface area contributed by atoms with Crippen molar-refractivity contribution in [2.24, 2.45) is 0 Å². The molecule has 8 heteroatoms.